The average Bonchev–Trinajstić information content (AvgIpc) is 2.88. The van der Waals surface area contributed by atoms with Gasteiger partial charge in [0.15, 0.2) is 0 Å². The molecule has 8 heteroatoms. The first-order valence-electron chi connectivity index (χ1n) is 6.17. The summed E-state index contributed by atoms with van der Waals surface area (Å²) in [6.07, 6.45) is 2.45. The molecule has 2 rings (SSSR count). The Morgan fingerprint density at radius 2 is 2.20 bits per heavy atom. The van der Waals surface area contributed by atoms with Gasteiger partial charge < -0.3 is 5.32 Å². The summed E-state index contributed by atoms with van der Waals surface area (Å²) in [5.74, 6) is 0.294. The van der Waals surface area contributed by atoms with Crippen molar-refractivity contribution in [3.8, 4) is 0 Å². The molecule has 0 radical (unpaired) electrons. The van der Waals surface area contributed by atoms with Gasteiger partial charge in [0.25, 0.3) is 5.91 Å². The second kappa shape index (κ2) is 6.76. The van der Waals surface area contributed by atoms with E-state index < -0.39 is 0 Å². The van der Waals surface area contributed by atoms with E-state index in [1.165, 1.54) is 11.3 Å². The van der Waals surface area contributed by atoms with Gasteiger partial charge in [-0.25, -0.2) is 4.98 Å². The summed E-state index contributed by atoms with van der Waals surface area (Å²) in [7, 11) is 0. The summed E-state index contributed by atoms with van der Waals surface area (Å²) >= 11 is 4.69. The van der Waals surface area contributed by atoms with Crippen molar-refractivity contribution < 1.29 is 4.79 Å². The highest BCUT2D eigenvalue weighted by atomic mass is 79.9. The van der Waals surface area contributed by atoms with Gasteiger partial charge >= 0.3 is 0 Å². The van der Waals surface area contributed by atoms with E-state index in [9.17, 15) is 4.79 Å². The number of carbonyl (C=O) groups excluding carboxylic acids is 1. The Kier molecular flexibility index (Phi) is 5.02. The van der Waals surface area contributed by atoms with Crippen molar-refractivity contribution in [3.05, 3.63) is 27.3 Å². The molecule has 0 saturated heterocycles. The highest BCUT2D eigenvalue weighted by Crippen LogP contribution is 2.21. The highest BCUT2D eigenvalue weighted by molar-refractivity contribution is 9.10. The Labute approximate surface area is 129 Å². The Bertz CT molecular complexity index is 616. The van der Waals surface area contributed by atoms with Crippen LogP contribution in [-0.4, -0.2) is 27.6 Å². The largest absolute Gasteiger partial charge is 0.370 e. The van der Waals surface area contributed by atoms with Crippen LogP contribution in [0.5, 0.6) is 0 Å². The van der Waals surface area contributed by atoms with Gasteiger partial charge in [0.2, 0.25) is 5.13 Å². The molecule has 2 N–H and O–H groups in total. The molecule has 0 aliphatic rings. The molecule has 0 aromatic carbocycles. The molecule has 2 heterocycles. The fraction of sp³-hybridized carbons (Fsp3) is 0.333. The van der Waals surface area contributed by atoms with Crippen LogP contribution in [0.4, 0.5) is 10.9 Å². The Morgan fingerprint density at radius 1 is 1.40 bits per heavy atom. The number of rotatable bonds is 5. The molecular formula is C12H14BrN5OS. The minimum absolute atomic E-state index is 0.256. The second-order valence-electron chi connectivity index (χ2n) is 3.89. The summed E-state index contributed by atoms with van der Waals surface area (Å²) in [4.78, 5) is 16.5. The zero-order valence-corrected chi connectivity index (χ0v) is 13.5. The smallest absolute Gasteiger partial charge is 0.261 e. The van der Waals surface area contributed by atoms with Gasteiger partial charge in [-0.05, 0) is 35.3 Å². The van der Waals surface area contributed by atoms with E-state index in [2.05, 4.69) is 41.7 Å². The summed E-state index contributed by atoms with van der Waals surface area (Å²) in [6.45, 7) is 4.63. The first-order chi connectivity index (χ1) is 9.63. The third-order valence-electron chi connectivity index (χ3n) is 2.43. The van der Waals surface area contributed by atoms with Crippen molar-refractivity contribution in [2.75, 3.05) is 17.2 Å². The van der Waals surface area contributed by atoms with Crippen LogP contribution in [0.1, 0.15) is 29.2 Å². The summed E-state index contributed by atoms with van der Waals surface area (Å²) in [5, 5.41) is 15.1. The van der Waals surface area contributed by atoms with Crippen molar-refractivity contribution >= 4 is 44.1 Å². The van der Waals surface area contributed by atoms with Crippen LogP contribution in [-0.2, 0) is 6.42 Å². The maximum atomic E-state index is 12.3. The van der Waals surface area contributed by atoms with Crippen LogP contribution < -0.4 is 10.6 Å². The predicted molar refractivity (Wildman–Crippen MR) is 83.3 cm³/mol. The van der Waals surface area contributed by atoms with Gasteiger partial charge in [0.1, 0.15) is 10.8 Å². The number of hydrogen-bond acceptors (Lipinski definition) is 6. The molecule has 0 atom stereocenters. The highest BCUT2D eigenvalue weighted by Gasteiger charge is 2.15. The molecule has 2 aromatic rings. The maximum absolute atomic E-state index is 12.3. The quantitative estimate of drug-likeness (QED) is 0.861. The molecule has 0 aliphatic carbocycles. The lowest BCUT2D eigenvalue weighted by Gasteiger charge is -2.09. The van der Waals surface area contributed by atoms with Gasteiger partial charge in [-0.1, -0.05) is 18.3 Å². The lowest BCUT2D eigenvalue weighted by Crippen LogP contribution is -2.15. The average molecular weight is 356 g/mol. The fourth-order valence-corrected chi connectivity index (χ4v) is 2.54. The van der Waals surface area contributed by atoms with E-state index >= 15 is 0 Å². The Balaban J connectivity index is 2.21. The summed E-state index contributed by atoms with van der Waals surface area (Å²) < 4.78 is 0.746. The van der Waals surface area contributed by atoms with Crippen LogP contribution in [0.15, 0.2) is 16.7 Å². The van der Waals surface area contributed by atoms with Gasteiger partial charge in [0.05, 0.1) is 5.56 Å². The van der Waals surface area contributed by atoms with Gasteiger partial charge in [0, 0.05) is 17.2 Å². The van der Waals surface area contributed by atoms with Crippen molar-refractivity contribution in [3.63, 3.8) is 0 Å². The summed E-state index contributed by atoms with van der Waals surface area (Å²) in [6, 6.07) is 1.72. The first kappa shape index (κ1) is 14.9. The zero-order valence-electron chi connectivity index (χ0n) is 11.1. The molecular weight excluding hydrogens is 342 g/mol. The van der Waals surface area contributed by atoms with Crippen LogP contribution in [0.3, 0.4) is 0 Å². The van der Waals surface area contributed by atoms with Crippen LogP contribution in [0, 0.1) is 0 Å². The van der Waals surface area contributed by atoms with E-state index in [1.54, 1.807) is 12.3 Å². The van der Waals surface area contributed by atoms with Crippen LogP contribution in [0.2, 0.25) is 0 Å². The summed E-state index contributed by atoms with van der Waals surface area (Å²) in [5.41, 5.74) is 0.467. The molecule has 0 unspecified atom stereocenters. The fourth-order valence-electron chi connectivity index (χ4n) is 1.53. The van der Waals surface area contributed by atoms with E-state index in [4.69, 9.17) is 0 Å². The Morgan fingerprint density at radius 3 is 2.85 bits per heavy atom. The number of nitrogens with zero attached hydrogens (tertiary/aromatic N) is 3. The van der Waals surface area contributed by atoms with Crippen molar-refractivity contribution in [1.82, 2.24) is 15.2 Å². The van der Waals surface area contributed by atoms with E-state index in [-0.39, 0.29) is 5.91 Å². The van der Waals surface area contributed by atoms with E-state index in [1.807, 2.05) is 13.8 Å². The minimum atomic E-state index is -0.256. The SMILES string of the molecule is CCNc1ncc(Br)cc1C(=O)Nc1nnc(CC)s1. The van der Waals surface area contributed by atoms with Gasteiger partial charge in [-0.15, -0.1) is 10.2 Å². The monoisotopic (exact) mass is 355 g/mol. The van der Waals surface area contributed by atoms with Gasteiger partial charge in [-0.3, -0.25) is 10.1 Å². The molecule has 6 nitrogen and oxygen atoms in total. The molecule has 2 aromatic heterocycles. The van der Waals surface area contributed by atoms with Crippen molar-refractivity contribution in [2.24, 2.45) is 0 Å². The van der Waals surface area contributed by atoms with E-state index in [0.717, 1.165) is 15.9 Å². The topological polar surface area (TPSA) is 79.8 Å². The molecule has 0 spiro atoms. The maximum Gasteiger partial charge on any atom is 0.261 e. The predicted octanol–water partition coefficient (Wildman–Crippen LogP) is 2.94. The third kappa shape index (κ3) is 3.51. The van der Waals surface area contributed by atoms with Crippen LogP contribution in [0.25, 0.3) is 0 Å². The number of anilines is 2. The number of halogens is 1. The Hall–Kier alpha value is -1.54. The number of amides is 1. The van der Waals surface area contributed by atoms with E-state index in [0.29, 0.717) is 23.1 Å². The molecule has 106 valence electrons. The number of aryl methyl sites for hydroxylation is 1. The van der Waals surface area contributed by atoms with Crippen molar-refractivity contribution in [1.29, 1.82) is 0 Å². The lowest BCUT2D eigenvalue weighted by atomic mass is 10.2. The molecule has 0 fully saturated rings. The number of pyridine rings is 1. The second-order valence-corrected chi connectivity index (χ2v) is 5.87. The third-order valence-corrected chi connectivity index (χ3v) is 3.85. The molecule has 20 heavy (non-hydrogen) atoms. The minimum Gasteiger partial charge on any atom is -0.370 e. The molecule has 1 amide bonds. The molecule has 0 saturated carbocycles. The number of nitrogens with one attached hydrogen (secondary N) is 2. The molecule has 0 bridgehead atoms. The van der Waals surface area contributed by atoms with Crippen molar-refractivity contribution in [2.45, 2.75) is 20.3 Å². The lowest BCUT2D eigenvalue weighted by molar-refractivity contribution is 0.102. The number of hydrogen-bond donors (Lipinski definition) is 2. The zero-order chi connectivity index (χ0) is 14.5. The normalized spacial score (nSPS) is 10.3. The first-order valence-corrected chi connectivity index (χ1v) is 7.78. The number of aromatic nitrogens is 3. The number of carbonyl (C=O) groups is 1. The molecule has 0 aliphatic heterocycles. The van der Waals surface area contributed by atoms with Crippen LogP contribution >= 0.6 is 27.3 Å². The van der Waals surface area contributed by atoms with Gasteiger partial charge in [-0.2, -0.15) is 0 Å². The standard InChI is InChI=1S/C12H14BrN5OS/c1-3-9-17-18-12(20-9)16-11(19)8-5-7(13)6-15-10(8)14-4-2/h5-6H,3-4H2,1-2H3,(H,14,15)(H,16,18,19).